The number of anilines is 1. The van der Waals surface area contributed by atoms with Gasteiger partial charge in [0, 0.05) is 43.3 Å². The van der Waals surface area contributed by atoms with Gasteiger partial charge in [-0.15, -0.1) is 0 Å². The Morgan fingerprint density at radius 2 is 2.09 bits per heavy atom. The van der Waals surface area contributed by atoms with Crippen molar-refractivity contribution in [3.05, 3.63) is 45.8 Å². The van der Waals surface area contributed by atoms with Crippen LogP contribution in [0.4, 0.5) is 14.5 Å². The molecule has 1 unspecified atom stereocenters. The highest BCUT2D eigenvalue weighted by Gasteiger charge is 2.29. The van der Waals surface area contributed by atoms with Crippen molar-refractivity contribution in [2.45, 2.75) is 38.8 Å². The first kappa shape index (κ1) is 20.8. The quantitative estimate of drug-likeness (QED) is 0.494. The normalized spacial score (nSPS) is 19.0. The average Bonchev–Trinajstić information content (AvgIpc) is 3.59. The third kappa shape index (κ3) is 3.40. The molecule has 3 heterocycles. The number of rotatable bonds is 4. The number of piperazine rings is 1. The standard InChI is InChI=1S/C23H24F2N4O3/c1-3-32-23(31)16-11-29(14-4-5-14)22-15(21(16)30)8-13-9-17(24)20(18(25)19(13)27-22)28-7-6-26-12(2)10-28/h8-9,11-12,14,26H,3-7,10H2,1-2H3. The number of carbonyl (C=O) groups excluding carboxylic acids is 1. The molecule has 0 spiro atoms. The van der Waals surface area contributed by atoms with Crippen LogP contribution in [0.2, 0.25) is 0 Å². The van der Waals surface area contributed by atoms with E-state index in [0.717, 1.165) is 12.8 Å². The highest BCUT2D eigenvalue weighted by atomic mass is 19.1. The minimum Gasteiger partial charge on any atom is -0.462 e. The summed E-state index contributed by atoms with van der Waals surface area (Å²) in [5.41, 5.74) is -0.438. The Morgan fingerprint density at radius 3 is 2.78 bits per heavy atom. The molecule has 0 radical (unpaired) electrons. The molecular formula is C23H24F2N4O3. The van der Waals surface area contributed by atoms with Crippen molar-refractivity contribution in [3.63, 3.8) is 0 Å². The molecule has 7 nitrogen and oxygen atoms in total. The molecular weight excluding hydrogens is 418 g/mol. The smallest absolute Gasteiger partial charge is 0.343 e. The number of ether oxygens (including phenoxy) is 1. The van der Waals surface area contributed by atoms with Crippen LogP contribution in [0.15, 0.2) is 23.1 Å². The van der Waals surface area contributed by atoms with E-state index in [-0.39, 0.29) is 46.2 Å². The fraction of sp³-hybridized carbons (Fsp3) is 0.435. The number of benzene rings is 1. The molecule has 0 bridgehead atoms. The average molecular weight is 442 g/mol. The lowest BCUT2D eigenvalue weighted by Gasteiger charge is -2.34. The SMILES string of the molecule is CCOC(=O)c1cn(C2CC2)c2nc3c(F)c(N4CCNC(C)C4)c(F)cc3cc2c1=O. The number of halogens is 2. The summed E-state index contributed by atoms with van der Waals surface area (Å²) in [5, 5.41) is 3.59. The first-order chi connectivity index (χ1) is 15.4. The van der Waals surface area contributed by atoms with Crippen molar-refractivity contribution in [1.29, 1.82) is 0 Å². The van der Waals surface area contributed by atoms with Crippen molar-refractivity contribution >= 4 is 33.6 Å². The summed E-state index contributed by atoms with van der Waals surface area (Å²) < 4.78 is 37.4. The number of carbonyl (C=O) groups is 1. The Hall–Kier alpha value is -3.07. The van der Waals surface area contributed by atoms with Crippen LogP contribution in [0, 0.1) is 11.6 Å². The number of nitrogens with zero attached hydrogens (tertiary/aromatic N) is 3. The van der Waals surface area contributed by atoms with E-state index in [1.54, 1.807) is 16.4 Å². The fourth-order valence-corrected chi connectivity index (χ4v) is 4.41. The predicted molar refractivity (Wildman–Crippen MR) is 117 cm³/mol. The molecule has 5 rings (SSSR count). The van der Waals surface area contributed by atoms with Gasteiger partial charge in [0.1, 0.15) is 28.2 Å². The van der Waals surface area contributed by atoms with Crippen molar-refractivity contribution in [2.75, 3.05) is 31.1 Å². The van der Waals surface area contributed by atoms with Crippen molar-refractivity contribution in [2.24, 2.45) is 0 Å². The number of nitrogens with one attached hydrogen (secondary N) is 1. The Kier molecular flexibility index (Phi) is 5.08. The molecule has 168 valence electrons. The minimum absolute atomic E-state index is 0.0118. The molecule has 1 atom stereocenters. The summed E-state index contributed by atoms with van der Waals surface area (Å²) in [5.74, 6) is -2.15. The highest BCUT2D eigenvalue weighted by molar-refractivity contribution is 5.97. The van der Waals surface area contributed by atoms with Crippen LogP contribution in [0.1, 0.15) is 43.1 Å². The number of esters is 1. The second-order valence-corrected chi connectivity index (χ2v) is 8.48. The van der Waals surface area contributed by atoms with E-state index in [0.29, 0.717) is 25.3 Å². The zero-order valence-electron chi connectivity index (χ0n) is 18.0. The minimum atomic E-state index is -0.736. The topological polar surface area (TPSA) is 76.5 Å². The maximum absolute atomic E-state index is 15.6. The Morgan fingerprint density at radius 1 is 1.31 bits per heavy atom. The van der Waals surface area contributed by atoms with Crippen LogP contribution in [0.5, 0.6) is 0 Å². The maximum Gasteiger partial charge on any atom is 0.343 e. The van der Waals surface area contributed by atoms with Crippen LogP contribution >= 0.6 is 0 Å². The molecule has 1 aliphatic heterocycles. The molecule has 32 heavy (non-hydrogen) atoms. The molecule has 1 N–H and O–H groups in total. The Labute approximate surface area is 183 Å². The lowest BCUT2D eigenvalue weighted by molar-refractivity contribution is 0.0524. The van der Waals surface area contributed by atoms with Crippen molar-refractivity contribution in [3.8, 4) is 0 Å². The summed E-state index contributed by atoms with van der Waals surface area (Å²) in [6, 6.07) is 2.82. The van der Waals surface area contributed by atoms with Gasteiger partial charge in [0.2, 0.25) is 5.43 Å². The summed E-state index contributed by atoms with van der Waals surface area (Å²) in [7, 11) is 0. The first-order valence-corrected chi connectivity index (χ1v) is 10.9. The second kappa shape index (κ2) is 7.81. The summed E-state index contributed by atoms with van der Waals surface area (Å²) >= 11 is 0. The van der Waals surface area contributed by atoms with E-state index in [1.807, 2.05) is 6.92 Å². The number of aromatic nitrogens is 2. The maximum atomic E-state index is 15.6. The van der Waals surface area contributed by atoms with Crippen LogP contribution in [-0.4, -0.2) is 47.8 Å². The Balaban J connectivity index is 1.75. The molecule has 1 aromatic carbocycles. The Bertz CT molecular complexity index is 1300. The van der Waals surface area contributed by atoms with Crippen molar-refractivity contribution in [1.82, 2.24) is 14.9 Å². The van der Waals surface area contributed by atoms with Crippen LogP contribution in [0.3, 0.4) is 0 Å². The molecule has 2 fully saturated rings. The zero-order chi connectivity index (χ0) is 22.6. The van der Waals surface area contributed by atoms with Gasteiger partial charge in [-0.1, -0.05) is 0 Å². The van der Waals surface area contributed by atoms with Crippen molar-refractivity contribution < 1.29 is 18.3 Å². The molecule has 0 amide bonds. The van der Waals surface area contributed by atoms with Gasteiger partial charge >= 0.3 is 5.97 Å². The number of fused-ring (bicyclic) bond motifs is 2. The van der Waals surface area contributed by atoms with Gasteiger partial charge in [-0.3, -0.25) is 4.79 Å². The van der Waals surface area contributed by atoms with Crippen LogP contribution in [-0.2, 0) is 4.74 Å². The third-order valence-corrected chi connectivity index (χ3v) is 6.08. The van der Waals surface area contributed by atoms with Crippen LogP contribution in [0.25, 0.3) is 21.9 Å². The monoisotopic (exact) mass is 442 g/mol. The summed E-state index contributed by atoms with van der Waals surface area (Å²) in [6.45, 7) is 5.34. The molecule has 3 aromatic rings. The van der Waals surface area contributed by atoms with Gasteiger partial charge in [-0.2, -0.15) is 0 Å². The number of hydrogen-bond acceptors (Lipinski definition) is 6. The van der Waals surface area contributed by atoms with Gasteiger partial charge in [0.25, 0.3) is 0 Å². The molecule has 1 aliphatic carbocycles. The van der Waals surface area contributed by atoms with Gasteiger partial charge in [-0.05, 0) is 38.8 Å². The number of pyridine rings is 2. The first-order valence-electron chi connectivity index (χ1n) is 10.9. The highest BCUT2D eigenvalue weighted by Crippen LogP contribution is 2.38. The predicted octanol–water partition coefficient (Wildman–Crippen LogP) is 3.14. The van der Waals surface area contributed by atoms with Gasteiger partial charge in [0.15, 0.2) is 5.82 Å². The van der Waals surface area contributed by atoms with E-state index in [2.05, 4.69) is 10.3 Å². The molecule has 1 saturated heterocycles. The van der Waals surface area contributed by atoms with E-state index in [4.69, 9.17) is 4.74 Å². The van der Waals surface area contributed by atoms with E-state index < -0.39 is 23.0 Å². The molecule has 2 aliphatic rings. The van der Waals surface area contributed by atoms with Gasteiger partial charge in [-0.25, -0.2) is 18.6 Å². The summed E-state index contributed by atoms with van der Waals surface area (Å²) in [6.07, 6.45) is 3.20. The molecule has 9 heteroatoms. The van der Waals surface area contributed by atoms with Gasteiger partial charge in [0.05, 0.1) is 12.0 Å². The lowest BCUT2D eigenvalue weighted by Crippen LogP contribution is -2.49. The fourth-order valence-electron chi connectivity index (χ4n) is 4.41. The largest absolute Gasteiger partial charge is 0.462 e. The van der Waals surface area contributed by atoms with E-state index in [9.17, 15) is 9.59 Å². The third-order valence-electron chi connectivity index (χ3n) is 6.08. The van der Waals surface area contributed by atoms with Crippen LogP contribution < -0.4 is 15.6 Å². The van der Waals surface area contributed by atoms with E-state index >= 15 is 8.78 Å². The van der Waals surface area contributed by atoms with E-state index in [1.165, 1.54) is 18.3 Å². The molecule has 1 saturated carbocycles. The van der Waals surface area contributed by atoms with Gasteiger partial charge < -0.3 is 19.5 Å². The number of hydrogen-bond donors (Lipinski definition) is 1. The lowest BCUT2D eigenvalue weighted by atomic mass is 10.1. The molecule has 2 aromatic heterocycles. The zero-order valence-corrected chi connectivity index (χ0v) is 18.0. The second-order valence-electron chi connectivity index (χ2n) is 8.48. The summed E-state index contributed by atoms with van der Waals surface area (Å²) in [4.78, 5) is 31.6.